The highest BCUT2D eigenvalue weighted by Crippen LogP contribution is 2.41. The van der Waals surface area contributed by atoms with Crippen molar-refractivity contribution in [2.24, 2.45) is 0 Å². The maximum Gasteiger partial charge on any atom is 0.116 e. The van der Waals surface area contributed by atoms with E-state index in [-0.39, 0.29) is 0 Å². The van der Waals surface area contributed by atoms with E-state index in [1.54, 1.807) is 6.33 Å². The molecule has 2 heterocycles. The predicted octanol–water partition coefficient (Wildman–Crippen LogP) is 1.000. The summed E-state index contributed by atoms with van der Waals surface area (Å²) in [6, 6.07) is 0. The maximum absolute atomic E-state index is 4.42. The van der Waals surface area contributed by atoms with Crippen molar-refractivity contribution in [2.45, 2.75) is 31.7 Å². The van der Waals surface area contributed by atoms with Crippen LogP contribution in [0.15, 0.2) is 6.33 Å². The molecular weight excluding hydrogens is 162 g/mol. The number of aromatic nitrogens is 2. The molecule has 0 aromatic carbocycles. The van der Waals surface area contributed by atoms with Crippen LogP contribution in [0.2, 0.25) is 0 Å². The summed E-state index contributed by atoms with van der Waals surface area (Å²) < 4.78 is 0. The van der Waals surface area contributed by atoms with Gasteiger partial charge in [-0.15, -0.1) is 0 Å². The number of nitrogens with one attached hydrogen (secondary N) is 1. The summed E-state index contributed by atoms with van der Waals surface area (Å²) in [7, 11) is 0. The fourth-order valence-electron chi connectivity index (χ4n) is 2.02. The Bertz CT molecular complexity index is 331. The number of fused-ring (bicyclic) bond motifs is 1. The van der Waals surface area contributed by atoms with Crippen molar-refractivity contribution in [1.82, 2.24) is 15.3 Å². The first-order valence-corrected chi connectivity index (χ1v) is 4.98. The summed E-state index contributed by atoms with van der Waals surface area (Å²) in [5.41, 5.74) is 4.00. The van der Waals surface area contributed by atoms with Gasteiger partial charge in [-0.1, -0.05) is 0 Å². The third-order valence-corrected chi connectivity index (χ3v) is 2.88. The summed E-state index contributed by atoms with van der Waals surface area (Å²) >= 11 is 0. The monoisotopic (exact) mass is 175 g/mol. The van der Waals surface area contributed by atoms with Gasteiger partial charge < -0.3 is 5.32 Å². The van der Waals surface area contributed by atoms with E-state index in [4.69, 9.17) is 0 Å². The molecule has 3 heteroatoms. The molecule has 68 valence electrons. The Kier molecular flexibility index (Phi) is 1.59. The Labute approximate surface area is 77.6 Å². The molecule has 13 heavy (non-hydrogen) atoms. The average molecular weight is 175 g/mol. The van der Waals surface area contributed by atoms with E-state index in [1.165, 1.54) is 29.8 Å². The van der Waals surface area contributed by atoms with Crippen molar-refractivity contribution < 1.29 is 0 Å². The largest absolute Gasteiger partial charge is 0.311 e. The molecule has 2 aliphatic rings. The number of rotatable bonds is 1. The third kappa shape index (κ3) is 1.23. The molecule has 0 amide bonds. The lowest BCUT2D eigenvalue weighted by atomic mass is 10.0. The second-order valence-electron chi connectivity index (χ2n) is 3.89. The SMILES string of the molecule is c1nc2c(c(C3CC3)n1)CCNC2. The van der Waals surface area contributed by atoms with E-state index in [1.807, 2.05) is 0 Å². The van der Waals surface area contributed by atoms with Crippen LogP contribution >= 0.6 is 0 Å². The summed E-state index contributed by atoms with van der Waals surface area (Å²) in [6.45, 7) is 2.01. The molecule has 3 rings (SSSR count). The maximum atomic E-state index is 4.42. The van der Waals surface area contributed by atoms with Crippen molar-refractivity contribution in [3.05, 3.63) is 23.3 Å². The molecule has 0 bridgehead atoms. The van der Waals surface area contributed by atoms with Crippen LogP contribution in [0.25, 0.3) is 0 Å². The zero-order chi connectivity index (χ0) is 8.67. The second kappa shape index (κ2) is 2.77. The molecule has 3 nitrogen and oxygen atoms in total. The van der Waals surface area contributed by atoms with Crippen LogP contribution in [0.1, 0.15) is 35.7 Å². The van der Waals surface area contributed by atoms with Gasteiger partial charge in [0.15, 0.2) is 0 Å². The zero-order valence-electron chi connectivity index (χ0n) is 7.58. The quantitative estimate of drug-likeness (QED) is 0.692. The molecule has 0 saturated heterocycles. The van der Waals surface area contributed by atoms with Crippen LogP contribution in [-0.2, 0) is 13.0 Å². The van der Waals surface area contributed by atoms with Gasteiger partial charge in [-0.3, -0.25) is 0 Å². The van der Waals surface area contributed by atoms with Gasteiger partial charge in [0.1, 0.15) is 6.33 Å². The lowest BCUT2D eigenvalue weighted by molar-refractivity contribution is 0.615. The van der Waals surface area contributed by atoms with E-state index in [0.717, 1.165) is 25.4 Å². The van der Waals surface area contributed by atoms with Crippen molar-refractivity contribution in [3.63, 3.8) is 0 Å². The minimum absolute atomic E-state index is 0.759. The minimum atomic E-state index is 0.759. The molecule has 1 saturated carbocycles. The zero-order valence-corrected chi connectivity index (χ0v) is 7.58. The highest BCUT2D eigenvalue weighted by atomic mass is 14.9. The van der Waals surface area contributed by atoms with Crippen LogP contribution in [0, 0.1) is 0 Å². The van der Waals surface area contributed by atoms with Gasteiger partial charge in [-0.2, -0.15) is 0 Å². The Morgan fingerprint density at radius 3 is 3.08 bits per heavy atom. The Morgan fingerprint density at radius 2 is 2.23 bits per heavy atom. The fourth-order valence-corrected chi connectivity index (χ4v) is 2.02. The van der Waals surface area contributed by atoms with E-state index in [0.29, 0.717) is 0 Å². The topological polar surface area (TPSA) is 37.8 Å². The summed E-state index contributed by atoms with van der Waals surface area (Å²) in [4.78, 5) is 8.73. The van der Waals surface area contributed by atoms with Crippen molar-refractivity contribution in [1.29, 1.82) is 0 Å². The van der Waals surface area contributed by atoms with Gasteiger partial charge in [0, 0.05) is 12.5 Å². The van der Waals surface area contributed by atoms with Crippen molar-refractivity contribution in [3.8, 4) is 0 Å². The summed E-state index contributed by atoms with van der Waals surface area (Å²) in [5.74, 6) is 0.759. The highest BCUT2D eigenvalue weighted by molar-refractivity contribution is 5.31. The molecule has 1 aliphatic heterocycles. The molecule has 1 fully saturated rings. The molecular formula is C10H13N3. The van der Waals surface area contributed by atoms with Gasteiger partial charge in [-0.05, 0) is 31.4 Å². The van der Waals surface area contributed by atoms with E-state index < -0.39 is 0 Å². The van der Waals surface area contributed by atoms with Crippen molar-refractivity contribution >= 4 is 0 Å². The standard InChI is InChI=1S/C10H13N3/c1-2-7(1)10-8-3-4-11-5-9(8)12-6-13-10/h6-7,11H,1-5H2. The van der Waals surface area contributed by atoms with Crippen LogP contribution < -0.4 is 5.32 Å². The Hall–Kier alpha value is -0.960. The van der Waals surface area contributed by atoms with E-state index in [2.05, 4.69) is 15.3 Å². The van der Waals surface area contributed by atoms with Crippen LogP contribution in [0.5, 0.6) is 0 Å². The van der Waals surface area contributed by atoms with E-state index >= 15 is 0 Å². The van der Waals surface area contributed by atoms with Gasteiger partial charge in [0.25, 0.3) is 0 Å². The number of hydrogen-bond donors (Lipinski definition) is 1. The van der Waals surface area contributed by atoms with Gasteiger partial charge in [0.2, 0.25) is 0 Å². The van der Waals surface area contributed by atoms with Crippen LogP contribution in [0.3, 0.4) is 0 Å². The first kappa shape index (κ1) is 7.44. The molecule has 0 radical (unpaired) electrons. The fraction of sp³-hybridized carbons (Fsp3) is 0.600. The first-order chi connectivity index (χ1) is 6.45. The molecule has 1 aliphatic carbocycles. The lowest BCUT2D eigenvalue weighted by Crippen LogP contribution is -2.26. The molecule has 1 aromatic heterocycles. The van der Waals surface area contributed by atoms with Crippen LogP contribution in [-0.4, -0.2) is 16.5 Å². The summed E-state index contributed by atoms with van der Waals surface area (Å²) in [5, 5.41) is 3.34. The third-order valence-electron chi connectivity index (χ3n) is 2.88. The van der Waals surface area contributed by atoms with E-state index in [9.17, 15) is 0 Å². The minimum Gasteiger partial charge on any atom is -0.311 e. The molecule has 0 spiro atoms. The Balaban J connectivity index is 2.07. The van der Waals surface area contributed by atoms with Gasteiger partial charge in [-0.25, -0.2) is 9.97 Å². The second-order valence-corrected chi connectivity index (χ2v) is 3.89. The van der Waals surface area contributed by atoms with Gasteiger partial charge in [0.05, 0.1) is 11.4 Å². The normalized spacial score (nSPS) is 21.2. The Morgan fingerprint density at radius 1 is 1.31 bits per heavy atom. The van der Waals surface area contributed by atoms with Gasteiger partial charge >= 0.3 is 0 Å². The number of nitrogens with zero attached hydrogens (tertiary/aromatic N) is 2. The molecule has 0 atom stereocenters. The number of hydrogen-bond acceptors (Lipinski definition) is 3. The molecule has 0 unspecified atom stereocenters. The first-order valence-electron chi connectivity index (χ1n) is 4.98. The molecule has 1 aromatic rings. The predicted molar refractivity (Wildman–Crippen MR) is 49.4 cm³/mol. The molecule has 1 N–H and O–H groups in total. The average Bonchev–Trinajstić information content (AvgIpc) is 3.00. The highest BCUT2D eigenvalue weighted by Gasteiger charge is 2.29. The summed E-state index contributed by atoms with van der Waals surface area (Å²) in [6.07, 6.45) is 5.50. The smallest absolute Gasteiger partial charge is 0.116 e. The van der Waals surface area contributed by atoms with Crippen LogP contribution in [0.4, 0.5) is 0 Å². The lowest BCUT2D eigenvalue weighted by Gasteiger charge is -2.17. The van der Waals surface area contributed by atoms with Crippen molar-refractivity contribution in [2.75, 3.05) is 6.54 Å².